The molecule has 1 aliphatic carbocycles. The molecule has 134 heavy (non-hydrogen) atoms. The third-order valence-electron chi connectivity index (χ3n) is 24.6. The summed E-state index contributed by atoms with van der Waals surface area (Å²) in [6.07, 6.45) is 12.0. The molecule has 0 amide bonds. The second kappa shape index (κ2) is 53.1. The van der Waals surface area contributed by atoms with Crippen LogP contribution in [0.1, 0.15) is 195 Å². The summed E-state index contributed by atoms with van der Waals surface area (Å²) in [4.78, 5) is 0. The first kappa shape index (κ1) is 102. The molecule has 0 radical (unpaired) electrons. The average Bonchev–Trinajstić information content (AvgIpc) is 0.799. The summed E-state index contributed by atoms with van der Waals surface area (Å²) in [7, 11) is 0. The largest absolute Gasteiger partial charge is 0.0683 e. The summed E-state index contributed by atoms with van der Waals surface area (Å²) in [6.45, 7) is 43.6. The van der Waals surface area contributed by atoms with E-state index in [-0.39, 0.29) is 0 Å². The summed E-state index contributed by atoms with van der Waals surface area (Å²) in [6, 6.07) is 142. The van der Waals surface area contributed by atoms with E-state index in [0.29, 0.717) is 0 Å². The Hall–Kier alpha value is -13.8. The Morgan fingerprint density at radius 1 is 0.142 bits per heavy atom. The van der Waals surface area contributed by atoms with Crippen molar-refractivity contribution in [3.8, 4) is 11.1 Å². The second-order valence-electron chi connectivity index (χ2n) is 31.4. The van der Waals surface area contributed by atoms with Crippen LogP contribution in [0.5, 0.6) is 0 Å². The smallest absolute Gasteiger partial charge is 0.00266 e. The number of fused-ring (bicyclic) bond motifs is 15. The fourth-order valence-electron chi connectivity index (χ4n) is 18.8. The molecule has 23 rings (SSSR count). The fraction of sp³-hybridized carbons (Fsp3) is 0.209. The van der Waals surface area contributed by atoms with Crippen molar-refractivity contribution in [2.24, 2.45) is 0 Å². The first-order chi connectivity index (χ1) is 66.3. The van der Waals surface area contributed by atoms with E-state index in [1.54, 1.807) is 0 Å². The number of rotatable bonds is 8. The van der Waals surface area contributed by atoms with Crippen molar-refractivity contribution in [2.45, 2.75) is 190 Å². The van der Waals surface area contributed by atoms with E-state index < -0.39 is 0 Å². The molecule has 0 heterocycles. The Bertz CT molecular complexity index is 7340. The molecule has 22 aromatic carbocycles. The maximum absolute atomic E-state index is 2.34. The highest BCUT2D eigenvalue weighted by Crippen LogP contribution is 2.42. The molecule has 1 aliphatic rings. The van der Waals surface area contributed by atoms with Gasteiger partial charge in [-0.15, -0.1) is 0 Å². The number of hydrogen-bond acceptors (Lipinski definition) is 0. The highest BCUT2D eigenvalue weighted by Gasteiger charge is 2.17. The molecule has 0 atom stereocenters. The minimum atomic E-state index is 1.05. The van der Waals surface area contributed by atoms with Crippen LogP contribution < -0.4 is 0 Å². The van der Waals surface area contributed by atoms with Crippen molar-refractivity contribution < 1.29 is 0 Å². The lowest BCUT2D eigenvalue weighted by atomic mass is 9.88. The van der Waals surface area contributed by atoms with Crippen LogP contribution >= 0.6 is 0 Å². The van der Waals surface area contributed by atoms with Gasteiger partial charge in [0, 0.05) is 0 Å². The molecule has 0 N–H and O–H groups in total. The van der Waals surface area contributed by atoms with Crippen molar-refractivity contribution in [3.63, 3.8) is 0 Å². The van der Waals surface area contributed by atoms with Gasteiger partial charge in [-0.25, -0.2) is 0 Å². The molecule has 0 saturated carbocycles. The van der Waals surface area contributed by atoms with Gasteiger partial charge in [-0.2, -0.15) is 0 Å². The third-order valence-corrected chi connectivity index (χ3v) is 24.6. The molecule has 0 nitrogen and oxygen atoms in total. The molecule has 0 aliphatic heterocycles. The zero-order valence-corrected chi connectivity index (χ0v) is 84.1. The quantitative estimate of drug-likeness (QED) is 0.105. The van der Waals surface area contributed by atoms with Gasteiger partial charge >= 0.3 is 0 Å². The van der Waals surface area contributed by atoms with Gasteiger partial charge in [0.05, 0.1) is 0 Å². The third kappa shape index (κ3) is 23.3. The summed E-state index contributed by atoms with van der Waals surface area (Å²) >= 11 is 0. The molecule has 680 valence electrons. The van der Waals surface area contributed by atoms with Crippen molar-refractivity contribution >= 4 is 163 Å². The molecule has 0 spiro atoms. The standard InChI is InChI=1S/C22H18.2C20H16.2C16H14.C14H12.C12H12.7C2H6/c1-2-17-18-12-6-8-14-20(18)22(16-10-4-3-5-11-16)21-15-9-7-13-19(17)21;1-2-16-18-10-6-4-8-15(18)13-20-17-9-5-3-7-14(17)11-12-19(16)20;1-2-18-19-10-6-5-9-16(19)12-17-11-14-7-3-4-8-15(14)13-20(17)18;1-2-14-15-9-5-3-7-12(15)11-13-8-4-6-10-16(13)14;1-2-12-11-13-7-3-4-9-15(13)16-10-6-5-8-14(12)16;1-2-10-6-7-12-9-8-11-4-3-5-13(10)14(11)12;1-2-10-7-5-8-11-6-3-4-9-12(10)11;7*1-2/h3-15H,2H2,1H3;2*3-13H,2H2,1H3;2*3-11H,2H2,1H3;3-9H,2H2,1H3;3-9H,2H2,1H3;7*1-2H3. The van der Waals surface area contributed by atoms with Gasteiger partial charge in [-0.1, -0.05) is 522 Å². The van der Waals surface area contributed by atoms with Crippen LogP contribution in [0.25, 0.3) is 174 Å². The van der Waals surface area contributed by atoms with Crippen molar-refractivity contribution in [1.29, 1.82) is 0 Å². The first-order valence-electron chi connectivity index (χ1n) is 50.4. The van der Waals surface area contributed by atoms with Crippen molar-refractivity contribution in [3.05, 3.63) is 444 Å². The van der Waals surface area contributed by atoms with Gasteiger partial charge < -0.3 is 0 Å². The van der Waals surface area contributed by atoms with Crippen LogP contribution in [0.3, 0.4) is 0 Å². The Labute approximate surface area is 803 Å². The minimum absolute atomic E-state index is 1.05. The van der Waals surface area contributed by atoms with Gasteiger partial charge in [-0.3, -0.25) is 0 Å². The van der Waals surface area contributed by atoms with Crippen LogP contribution in [0, 0.1) is 0 Å². The van der Waals surface area contributed by atoms with Crippen LogP contribution in [0.4, 0.5) is 0 Å². The van der Waals surface area contributed by atoms with E-state index in [4.69, 9.17) is 0 Å². The zero-order chi connectivity index (χ0) is 95.8. The van der Waals surface area contributed by atoms with E-state index in [0.717, 1.165) is 44.9 Å². The SMILES string of the molecule is CC.CC.CC.CC.CC.CC.CC.CCc1c2ccccc2c(-c2ccccc2)c2ccccc12.CCc1c2ccccc2cc2c1ccc1ccccc12.CCc1c2ccccc2cc2cc3ccccc3cc12.CCc1c2ccccc2cc2ccccc12.CCc1cc2ccccc2c2ccccc12.CCc1ccc2c3c(cccc13)C=C2.CCc1cccc2ccccc12. The highest BCUT2D eigenvalue weighted by atomic mass is 14.2. The van der Waals surface area contributed by atoms with E-state index in [2.05, 4.69) is 455 Å². The Kier molecular flexibility index (Phi) is 40.5. The Morgan fingerprint density at radius 3 is 0.910 bits per heavy atom. The van der Waals surface area contributed by atoms with Gasteiger partial charge in [0.1, 0.15) is 0 Å². The summed E-state index contributed by atoms with van der Waals surface area (Å²) in [5.41, 5.74) is 15.5. The molecule has 22 aromatic rings. The summed E-state index contributed by atoms with van der Waals surface area (Å²) in [5.74, 6) is 0. The maximum Gasteiger partial charge on any atom is -0.00266 e. The molecule has 0 unspecified atom stereocenters. The van der Waals surface area contributed by atoms with Gasteiger partial charge in [0.2, 0.25) is 0 Å². The van der Waals surface area contributed by atoms with Crippen LogP contribution in [-0.4, -0.2) is 0 Å². The van der Waals surface area contributed by atoms with Crippen LogP contribution in [-0.2, 0) is 44.9 Å². The van der Waals surface area contributed by atoms with Crippen molar-refractivity contribution in [2.75, 3.05) is 0 Å². The van der Waals surface area contributed by atoms with Crippen LogP contribution in [0.2, 0.25) is 0 Å². The van der Waals surface area contributed by atoms with E-state index >= 15 is 0 Å². The predicted molar refractivity (Wildman–Crippen MR) is 610 cm³/mol. The molecule has 0 heteroatoms. The zero-order valence-electron chi connectivity index (χ0n) is 84.1. The summed E-state index contributed by atoms with van der Waals surface area (Å²) < 4.78 is 0. The monoisotopic (exact) mass is 1750 g/mol. The lowest BCUT2D eigenvalue weighted by Gasteiger charge is -2.16. The maximum atomic E-state index is 2.34. The first-order valence-corrected chi connectivity index (χ1v) is 50.4. The summed E-state index contributed by atoms with van der Waals surface area (Å²) in [5, 5.41) is 38.3. The van der Waals surface area contributed by atoms with Gasteiger partial charge in [-0.05, 0) is 287 Å². The molecular formula is C134H144. The molecule has 0 bridgehead atoms. The fourth-order valence-corrected chi connectivity index (χ4v) is 18.8. The highest BCUT2D eigenvalue weighted by molar-refractivity contribution is 6.17. The van der Waals surface area contributed by atoms with Gasteiger partial charge in [0.15, 0.2) is 0 Å². The minimum Gasteiger partial charge on any atom is -0.0683 e. The molecule has 0 aromatic heterocycles. The van der Waals surface area contributed by atoms with Crippen molar-refractivity contribution in [1.82, 2.24) is 0 Å². The second-order valence-corrected chi connectivity index (χ2v) is 31.4. The predicted octanol–water partition coefficient (Wildman–Crippen LogP) is 41.2. The topological polar surface area (TPSA) is 0 Å². The molecule has 0 fully saturated rings. The number of benzene rings is 22. The normalized spacial score (nSPS) is 10.5. The Balaban J connectivity index is 0.000000159. The molecular weight excluding hydrogens is 1610 g/mol. The lowest BCUT2D eigenvalue weighted by Crippen LogP contribution is -1.91. The van der Waals surface area contributed by atoms with E-state index in [1.807, 2.05) is 96.9 Å². The number of hydrogen-bond donors (Lipinski definition) is 0. The Morgan fingerprint density at radius 2 is 0.433 bits per heavy atom. The average molecular weight is 1750 g/mol. The number of aryl methyl sites for hydroxylation is 7. The van der Waals surface area contributed by atoms with E-state index in [9.17, 15) is 0 Å². The van der Waals surface area contributed by atoms with Gasteiger partial charge in [0.25, 0.3) is 0 Å². The van der Waals surface area contributed by atoms with E-state index in [1.165, 1.54) is 212 Å². The lowest BCUT2D eigenvalue weighted by molar-refractivity contribution is 1.16. The molecule has 0 saturated heterocycles. The van der Waals surface area contributed by atoms with Crippen LogP contribution in [0.15, 0.2) is 394 Å².